The molecule has 6 nitrogen and oxygen atoms in total. The molecule has 0 amide bonds. The predicted octanol–water partition coefficient (Wildman–Crippen LogP) is 2.48. The molecule has 118 valence electrons. The second-order valence-electron chi connectivity index (χ2n) is 5.85. The van der Waals surface area contributed by atoms with Crippen molar-refractivity contribution in [2.24, 2.45) is 17.3 Å². The summed E-state index contributed by atoms with van der Waals surface area (Å²) in [6.07, 6.45) is 2.32. The first-order valence-corrected chi connectivity index (χ1v) is 7.05. The Balaban J connectivity index is 2.97. The highest BCUT2D eigenvalue weighted by Crippen LogP contribution is 2.48. The molecule has 2 unspecified atom stereocenters. The minimum absolute atomic E-state index is 0.0971. The van der Waals surface area contributed by atoms with Gasteiger partial charge in [-0.15, -0.1) is 0 Å². The van der Waals surface area contributed by atoms with Crippen LogP contribution < -0.4 is 0 Å². The van der Waals surface area contributed by atoms with E-state index in [1.54, 1.807) is 13.8 Å². The standard InChI is InChI=1S/C15H22O6/c1-9(2)13(18)20-21-14(19)15(10(3)4)8-6-5-7-11(15)12(16)17/h10-11H,1,5-8H2,2-4H3,(H,16,17). The van der Waals surface area contributed by atoms with E-state index in [4.69, 9.17) is 0 Å². The fourth-order valence-electron chi connectivity index (χ4n) is 2.94. The van der Waals surface area contributed by atoms with Gasteiger partial charge in [-0.2, -0.15) is 0 Å². The van der Waals surface area contributed by atoms with Crippen molar-refractivity contribution in [2.45, 2.75) is 46.5 Å². The Labute approximate surface area is 124 Å². The number of carbonyl (C=O) groups is 3. The molecule has 0 aromatic carbocycles. The Morgan fingerprint density at radius 3 is 2.33 bits per heavy atom. The third kappa shape index (κ3) is 3.43. The first-order chi connectivity index (χ1) is 9.73. The first-order valence-electron chi connectivity index (χ1n) is 7.05. The van der Waals surface area contributed by atoms with Crippen LogP contribution in [0, 0.1) is 17.3 Å². The molecular formula is C15H22O6. The van der Waals surface area contributed by atoms with Crippen LogP contribution in [0.15, 0.2) is 12.2 Å². The molecule has 0 bridgehead atoms. The van der Waals surface area contributed by atoms with Crippen LogP contribution in [0.1, 0.15) is 46.5 Å². The van der Waals surface area contributed by atoms with Gasteiger partial charge >= 0.3 is 17.9 Å². The first kappa shape index (κ1) is 17.2. The van der Waals surface area contributed by atoms with Crippen molar-refractivity contribution in [1.82, 2.24) is 0 Å². The van der Waals surface area contributed by atoms with Gasteiger partial charge in [-0.05, 0) is 25.7 Å². The van der Waals surface area contributed by atoms with Crippen LogP contribution in [0.2, 0.25) is 0 Å². The van der Waals surface area contributed by atoms with Crippen molar-refractivity contribution < 1.29 is 29.3 Å². The monoisotopic (exact) mass is 298 g/mol. The third-order valence-corrected chi connectivity index (χ3v) is 4.20. The highest BCUT2D eigenvalue weighted by atomic mass is 17.2. The van der Waals surface area contributed by atoms with E-state index in [2.05, 4.69) is 16.4 Å². The number of aliphatic carboxylic acids is 1. The summed E-state index contributed by atoms with van der Waals surface area (Å²) in [5, 5.41) is 9.41. The van der Waals surface area contributed by atoms with E-state index in [0.29, 0.717) is 12.8 Å². The van der Waals surface area contributed by atoms with E-state index < -0.39 is 29.2 Å². The molecular weight excluding hydrogens is 276 g/mol. The minimum atomic E-state index is -1.17. The lowest BCUT2D eigenvalue weighted by Gasteiger charge is -2.41. The van der Waals surface area contributed by atoms with Crippen LogP contribution in [0.4, 0.5) is 0 Å². The van der Waals surface area contributed by atoms with Crippen LogP contribution >= 0.6 is 0 Å². The molecule has 1 rings (SSSR count). The Bertz CT molecular complexity index is 453. The number of carbonyl (C=O) groups excluding carboxylic acids is 2. The van der Waals surface area contributed by atoms with Crippen molar-refractivity contribution in [2.75, 3.05) is 0 Å². The quantitative estimate of drug-likeness (QED) is 0.487. The molecule has 0 heterocycles. The van der Waals surface area contributed by atoms with Gasteiger partial charge in [-0.25, -0.2) is 19.4 Å². The van der Waals surface area contributed by atoms with E-state index in [1.807, 2.05) is 0 Å². The second kappa shape index (κ2) is 6.74. The van der Waals surface area contributed by atoms with Crippen LogP contribution in [0.25, 0.3) is 0 Å². The second-order valence-corrected chi connectivity index (χ2v) is 5.85. The summed E-state index contributed by atoms with van der Waals surface area (Å²) in [6, 6.07) is 0. The van der Waals surface area contributed by atoms with Crippen LogP contribution in [0.3, 0.4) is 0 Å². The molecule has 21 heavy (non-hydrogen) atoms. The number of carboxylic acid groups (broad SMARTS) is 1. The summed E-state index contributed by atoms with van der Waals surface area (Å²) in [6.45, 7) is 8.37. The SMILES string of the molecule is C=C(C)C(=O)OOC(=O)C1(C(C)C)CCCCC1C(=O)O. The van der Waals surface area contributed by atoms with Gasteiger partial charge in [-0.1, -0.05) is 33.3 Å². The van der Waals surface area contributed by atoms with Crippen molar-refractivity contribution in [3.63, 3.8) is 0 Å². The summed E-state index contributed by atoms with van der Waals surface area (Å²) < 4.78 is 0. The fourth-order valence-corrected chi connectivity index (χ4v) is 2.94. The maximum Gasteiger partial charge on any atom is 0.381 e. The lowest BCUT2D eigenvalue weighted by atomic mass is 9.60. The molecule has 0 aromatic rings. The van der Waals surface area contributed by atoms with Gasteiger partial charge in [0.15, 0.2) is 0 Å². The summed E-state index contributed by atoms with van der Waals surface area (Å²) in [5.74, 6) is -3.73. The highest BCUT2D eigenvalue weighted by molar-refractivity contribution is 5.88. The van der Waals surface area contributed by atoms with Crippen LogP contribution in [-0.2, 0) is 24.2 Å². The van der Waals surface area contributed by atoms with Crippen LogP contribution in [-0.4, -0.2) is 23.0 Å². The third-order valence-electron chi connectivity index (χ3n) is 4.20. The summed E-state index contributed by atoms with van der Waals surface area (Å²) in [7, 11) is 0. The molecule has 0 saturated heterocycles. The Morgan fingerprint density at radius 1 is 1.24 bits per heavy atom. The van der Waals surface area contributed by atoms with Gasteiger partial charge < -0.3 is 5.11 Å². The van der Waals surface area contributed by atoms with Gasteiger partial charge in [-0.3, -0.25) is 4.79 Å². The maximum absolute atomic E-state index is 12.4. The largest absolute Gasteiger partial charge is 0.481 e. The topological polar surface area (TPSA) is 89.9 Å². The molecule has 2 atom stereocenters. The van der Waals surface area contributed by atoms with Gasteiger partial charge in [0.1, 0.15) is 0 Å². The Morgan fingerprint density at radius 2 is 1.86 bits per heavy atom. The van der Waals surface area contributed by atoms with Crippen molar-refractivity contribution in [3.8, 4) is 0 Å². The smallest absolute Gasteiger partial charge is 0.381 e. The van der Waals surface area contributed by atoms with E-state index in [1.165, 1.54) is 6.92 Å². The maximum atomic E-state index is 12.4. The normalized spacial score (nSPS) is 25.2. The fraction of sp³-hybridized carbons (Fsp3) is 0.667. The average Bonchev–Trinajstić information content (AvgIpc) is 2.43. The highest BCUT2D eigenvalue weighted by Gasteiger charge is 2.54. The lowest BCUT2D eigenvalue weighted by Crippen LogP contribution is -2.49. The van der Waals surface area contributed by atoms with Gasteiger partial charge in [0, 0.05) is 5.57 Å². The zero-order chi connectivity index (χ0) is 16.2. The molecule has 0 radical (unpaired) electrons. The molecule has 1 fully saturated rings. The van der Waals surface area contributed by atoms with E-state index in [-0.39, 0.29) is 11.5 Å². The zero-order valence-corrected chi connectivity index (χ0v) is 12.7. The number of carboxylic acids is 1. The molecule has 1 saturated carbocycles. The Hall–Kier alpha value is -1.85. The predicted molar refractivity (Wildman–Crippen MR) is 73.9 cm³/mol. The number of rotatable bonds is 4. The van der Waals surface area contributed by atoms with Gasteiger partial charge in [0.25, 0.3) is 0 Å². The molecule has 0 spiro atoms. The van der Waals surface area contributed by atoms with Crippen molar-refractivity contribution >= 4 is 17.9 Å². The average molecular weight is 298 g/mol. The van der Waals surface area contributed by atoms with Crippen molar-refractivity contribution in [1.29, 1.82) is 0 Å². The number of hydrogen-bond donors (Lipinski definition) is 1. The zero-order valence-electron chi connectivity index (χ0n) is 12.7. The minimum Gasteiger partial charge on any atom is -0.481 e. The van der Waals surface area contributed by atoms with Gasteiger partial charge in [0.05, 0.1) is 11.3 Å². The summed E-state index contributed by atoms with van der Waals surface area (Å²) >= 11 is 0. The van der Waals surface area contributed by atoms with E-state index in [9.17, 15) is 19.5 Å². The molecule has 1 aliphatic rings. The van der Waals surface area contributed by atoms with Gasteiger partial charge in [0.2, 0.25) is 0 Å². The van der Waals surface area contributed by atoms with E-state index in [0.717, 1.165) is 12.8 Å². The molecule has 6 heteroatoms. The lowest BCUT2D eigenvalue weighted by molar-refractivity contribution is -0.269. The molecule has 1 aliphatic carbocycles. The molecule has 0 aromatic heterocycles. The Kier molecular flexibility index (Phi) is 5.52. The number of hydrogen-bond acceptors (Lipinski definition) is 5. The van der Waals surface area contributed by atoms with E-state index >= 15 is 0 Å². The summed E-state index contributed by atoms with van der Waals surface area (Å²) in [4.78, 5) is 44.3. The molecule has 0 aliphatic heterocycles. The van der Waals surface area contributed by atoms with Crippen LogP contribution in [0.5, 0.6) is 0 Å². The van der Waals surface area contributed by atoms with Crippen molar-refractivity contribution in [3.05, 3.63) is 12.2 Å². The summed E-state index contributed by atoms with van der Waals surface area (Å²) in [5.41, 5.74) is -1.07. The molecule has 1 N–H and O–H groups in total.